The van der Waals surface area contributed by atoms with Crippen LogP contribution in [-0.2, 0) is 10.9 Å². The number of rotatable bonds is 6. The molecule has 15 heavy (non-hydrogen) atoms. The summed E-state index contributed by atoms with van der Waals surface area (Å²) in [5.41, 5.74) is 0. The van der Waals surface area contributed by atoms with Gasteiger partial charge in [-0.2, -0.15) is 0 Å². The van der Waals surface area contributed by atoms with Gasteiger partial charge in [0.15, 0.2) is 0 Å². The Kier molecular flexibility index (Phi) is 6.79. The normalized spacial score (nSPS) is 20.8. The van der Waals surface area contributed by atoms with Crippen LogP contribution < -0.4 is 0 Å². The highest BCUT2D eigenvalue weighted by atomic mass is 32.2. The Labute approximate surface area is 99.6 Å². The number of hydrogen-bond acceptors (Lipinski definition) is 0. The summed E-state index contributed by atoms with van der Waals surface area (Å²) in [4.78, 5) is 0. The summed E-state index contributed by atoms with van der Waals surface area (Å²) >= 11 is 0. The largest absolute Gasteiger partial charge is 0.110 e. The third-order valence-corrected chi connectivity index (χ3v) is 4.89. The highest BCUT2D eigenvalue weighted by molar-refractivity contribution is 7.95. The van der Waals surface area contributed by atoms with E-state index in [0.717, 1.165) is 11.8 Å². The van der Waals surface area contributed by atoms with Crippen molar-refractivity contribution >= 4 is 10.9 Å². The lowest BCUT2D eigenvalue weighted by Crippen LogP contribution is -2.24. The third-order valence-electron chi connectivity index (χ3n) is 3.79. The topological polar surface area (TPSA) is 0 Å². The van der Waals surface area contributed by atoms with Gasteiger partial charge in [0.05, 0.1) is 12.5 Å². The van der Waals surface area contributed by atoms with Crippen molar-refractivity contribution in [1.29, 1.82) is 0 Å². The fourth-order valence-corrected chi connectivity index (χ4v) is 4.25. The lowest BCUT2D eigenvalue weighted by atomic mass is 9.79. The predicted molar refractivity (Wildman–Crippen MR) is 73.7 cm³/mol. The van der Waals surface area contributed by atoms with Crippen LogP contribution in [-0.4, -0.2) is 18.3 Å². The summed E-state index contributed by atoms with van der Waals surface area (Å²) in [6.45, 7) is 2.33. The SMILES string of the molecule is CCCCC(C[S+](C)C)C1CCCCC1. The zero-order chi connectivity index (χ0) is 11.1. The molecule has 0 aromatic rings. The zero-order valence-electron chi connectivity index (χ0n) is 10.9. The Morgan fingerprint density at radius 2 is 1.80 bits per heavy atom. The van der Waals surface area contributed by atoms with Crippen LogP contribution in [0.25, 0.3) is 0 Å². The Morgan fingerprint density at radius 3 is 2.33 bits per heavy atom. The maximum absolute atomic E-state index is 2.42. The van der Waals surface area contributed by atoms with Crippen LogP contribution in [0.2, 0.25) is 0 Å². The minimum absolute atomic E-state index is 0.649. The van der Waals surface area contributed by atoms with Gasteiger partial charge in [0.25, 0.3) is 0 Å². The van der Waals surface area contributed by atoms with Crippen molar-refractivity contribution in [2.75, 3.05) is 18.3 Å². The molecule has 0 nitrogen and oxygen atoms in total. The summed E-state index contributed by atoms with van der Waals surface area (Å²) < 4.78 is 0. The van der Waals surface area contributed by atoms with E-state index in [1.54, 1.807) is 0 Å². The van der Waals surface area contributed by atoms with Crippen LogP contribution >= 0.6 is 0 Å². The van der Waals surface area contributed by atoms with Crippen LogP contribution in [0.4, 0.5) is 0 Å². The molecule has 0 radical (unpaired) electrons. The molecule has 1 unspecified atom stereocenters. The molecule has 1 rings (SSSR count). The summed E-state index contributed by atoms with van der Waals surface area (Å²) in [6.07, 6.45) is 16.8. The van der Waals surface area contributed by atoms with E-state index in [-0.39, 0.29) is 0 Å². The first-order valence-electron chi connectivity index (χ1n) is 6.78. The Hall–Kier alpha value is 0.350. The molecule has 0 spiro atoms. The van der Waals surface area contributed by atoms with Crippen molar-refractivity contribution in [2.45, 2.75) is 58.3 Å². The van der Waals surface area contributed by atoms with Gasteiger partial charge in [-0.05, 0) is 23.2 Å². The Balaban J connectivity index is 2.37. The van der Waals surface area contributed by atoms with Crippen molar-refractivity contribution in [3.63, 3.8) is 0 Å². The first-order valence-corrected chi connectivity index (χ1v) is 8.99. The summed E-state index contributed by atoms with van der Waals surface area (Å²) in [5, 5.41) is 0. The highest BCUT2D eigenvalue weighted by Gasteiger charge is 2.26. The number of hydrogen-bond donors (Lipinski definition) is 0. The Morgan fingerprint density at radius 1 is 1.13 bits per heavy atom. The molecule has 0 aromatic heterocycles. The molecule has 0 amide bonds. The molecule has 0 aliphatic heterocycles. The average Bonchev–Trinajstić information content (AvgIpc) is 2.25. The van der Waals surface area contributed by atoms with Gasteiger partial charge in [0, 0.05) is 5.92 Å². The molecule has 1 heteroatoms. The van der Waals surface area contributed by atoms with Crippen molar-refractivity contribution in [3.8, 4) is 0 Å². The molecule has 0 bridgehead atoms. The molecule has 1 saturated carbocycles. The zero-order valence-corrected chi connectivity index (χ0v) is 11.7. The van der Waals surface area contributed by atoms with E-state index in [2.05, 4.69) is 19.4 Å². The lowest BCUT2D eigenvalue weighted by molar-refractivity contribution is 0.252. The van der Waals surface area contributed by atoms with E-state index in [1.165, 1.54) is 57.1 Å². The van der Waals surface area contributed by atoms with E-state index in [0.29, 0.717) is 10.9 Å². The van der Waals surface area contributed by atoms with Crippen LogP contribution in [0.5, 0.6) is 0 Å². The quantitative estimate of drug-likeness (QED) is 0.597. The minimum atomic E-state index is 0.649. The first kappa shape index (κ1) is 13.4. The van der Waals surface area contributed by atoms with E-state index < -0.39 is 0 Å². The van der Waals surface area contributed by atoms with Crippen molar-refractivity contribution < 1.29 is 0 Å². The smallest absolute Gasteiger partial charge is 0.0654 e. The Bertz CT molecular complexity index is 147. The van der Waals surface area contributed by atoms with Gasteiger partial charge in [-0.1, -0.05) is 51.9 Å². The molecular formula is C14H29S+. The monoisotopic (exact) mass is 229 g/mol. The van der Waals surface area contributed by atoms with Crippen LogP contribution in [0.15, 0.2) is 0 Å². The molecule has 1 fully saturated rings. The third kappa shape index (κ3) is 5.29. The molecule has 0 aromatic carbocycles. The second-order valence-electron chi connectivity index (χ2n) is 5.45. The predicted octanol–water partition coefficient (Wildman–Crippen LogP) is 4.25. The van der Waals surface area contributed by atoms with Gasteiger partial charge in [0.2, 0.25) is 0 Å². The summed E-state index contributed by atoms with van der Waals surface area (Å²) in [5.74, 6) is 3.65. The fraction of sp³-hybridized carbons (Fsp3) is 1.00. The maximum Gasteiger partial charge on any atom is 0.110 e. The molecule has 1 aliphatic rings. The first-order chi connectivity index (χ1) is 7.24. The van der Waals surface area contributed by atoms with Gasteiger partial charge in [-0.25, -0.2) is 0 Å². The summed E-state index contributed by atoms with van der Waals surface area (Å²) in [7, 11) is 0.649. The van der Waals surface area contributed by atoms with E-state index in [9.17, 15) is 0 Å². The van der Waals surface area contributed by atoms with E-state index in [4.69, 9.17) is 0 Å². The van der Waals surface area contributed by atoms with Gasteiger partial charge < -0.3 is 0 Å². The van der Waals surface area contributed by atoms with Crippen LogP contribution in [0, 0.1) is 11.8 Å². The fourth-order valence-electron chi connectivity index (χ4n) is 2.96. The standard InChI is InChI=1S/C14H29S/c1-4-5-9-14(12-15(2)3)13-10-7-6-8-11-13/h13-14H,4-12H2,1-3H3/q+1. The molecule has 0 N–H and O–H groups in total. The number of unbranched alkanes of at least 4 members (excludes halogenated alkanes) is 1. The minimum Gasteiger partial charge on any atom is -0.0654 e. The van der Waals surface area contributed by atoms with E-state index >= 15 is 0 Å². The molecule has 1 atom stereocenters. The van der Waals surface area contributed by atoms with Gasteiger partial charge >= 0.3 is 0 Å². The van der Waals surface area contributed by atoms with E-state index in [1.807, 2.05) is 0 Å². The second-order valence-corrected chi connectivity index (χ2v) is 7.76. The van der Waals surface area contributed by atoms with Crippen molar-refractivity contribution in [3.05, 3.63) is 0 Å². The van der Waals surface area contributed by atoms with Crippen LogP contribution in [0.1, 0.15) is 58.3 Å². The van der Waals surface area contributed by atoms with Gasteiger partial charge in [-0.15, -0.1) is 0 Å². The average molecular weight is 229 g/mol. The molecular weight excluding hydrogens is 200 g/mol. The second kappa shape index (κ2) is 7.60. The molecule has 0 saturated heterocycles. The maximum atomic E-state index is 2.42. The molecule has 0 heterocycles. The van der Waals surface area contributed by atoms with Gasteiger partial charge in [-0.3, -0.25) is 0 Å². The highest BCUT2D eigenvalue weighted by Crippen LogP contribution is 2.33. The lowest BCUT2D eigenvalue weighted by Gasteiger charge is -2.29. The van der Waals surface area contributed by atoms with Crippen molar-refractivity contribution in [2.24, 2.45) is 11.8 Å². The molecule has 1 aliphatic carbocycles. The van der Waals surface area contributed by atoms with Crippen LogP contribution in [0.3, 0.4) is 0 Å². The summed E-state index contributed by atoms with van der Waals surface area (Å²) in [6, 6.07) is 0. The van der Waals surface area contributed by atoms with Crippen molar-refractivity contribution in [1.82, 2.24) is 0 Å². The molecule has 90 valence electrons. The van der Waals surface area contributed by atoms with Gasteiger partial charge in [0.1, 0.15) is 5.75 Å².